The Labute approximate surface area is 162 Å². The number of rotatable bonds is 6. The molecule has 0 amide bonds. The fraction of sp³-hybridized carbons (Fsp3) is 0.375. The van der Waals surface area contributed by atoms with Crippen LogP contribution in [-0.2, 0) is 26.5 Å². The third kappa shape index (κ3) is 4.00. The average Bonchev–Trinajstić information content (AvgIpc) is 3.01. The zero-order chi connectivity index (χ0) is 18.9. The van der Waals surface area contributed by atoms with Crippen molar-refractivity contribution in [3.8, 4) is 0 Å². The van der Waals surface area contributed by atoms with Crippen LogP contribution in [0.1, 0.15) is 25.3 Å². The Hall–Kier alpha value is -1.29. The zero-order valence-electron chi connectivity index (χ0n) is 14.1. The molecule has 0 radical (unpaired) electrons. The smallest absolute Gasteiger partial charge is 0.271 e. The Bertz CT molecular complexity index is 1020. The van der Waals surface area contributed by atoms with Crippen molar-refractivity contribution < 1.29 is 16.8 Å². The van der Waals surface area contributed by atoms with Gasteiger partial charge in [0, 0.05) is 6.54 Å². The van der Waals surface area contributed by atoms with Crippen molar-refractivity contribution in [3.05, 3.63) is 40.2 Å². The molecule has 1 aromatic heterocycles. The van der Waals surface area contributed by atoms with Gasteiger partial charge < -0.3 is 0 Å². The van der Waals surface area contributed by atoms with Gasteiger partial charge in [0.15, 0.2) is 0 Å². The minimum absolute atomic E-state index is 0.0656. The molecule has 1 aromatic carbocycles. The second-order valence-electron chi connectivity index (χ2n) is 6.00. The lowest BCUT2D eigenvalue weighted by atomic mass is 10.0. The molecule has 0 saturated carbocycles. The van der Waals surface area contributed by atoms with E-state index in [1.54, 1.807) is 18.2 Å². The van der Waals surface area contributed by atoms with E-state index in [0.717, 1.165) is 29.7 Å². The first-order valence-corrected chi connectivity index (χ1v) is 12.4. The van der Waals surface area contributed by atoms with E-state index in [1.807, 2.05) is 6.92 Å². The molecular weight excluding hydrogens is 416 g/mol. The van der Waals surface area contributed by atoms with E-state index in [2.05, 4.69) is 4.72 Å². The number of halogens is 1. The van der Waals surface area contributed by atoms with Crippen molar-refractivity contribution in [2.45, 2.75) is 30.4 Å². The Morgan fingerprint density at radius 2 is 1.96 bits per heavy atom. The number of nitrogens with zero attached hydrogens (tertiary/aromatic N) is 1. The lowest BCUT2D eigenvalue weighted by Gasteiger charge is -2.31. The standard InChI is InChI=1S/C16H19ClN2O4S3/c1-2-10-25(20,21)19-9-3-4-12-5-6-13(11-14(12)19)18-26(22,23)16-8-7-15(17)24-16/h5-8,11,18H,2-4,9-10H2,1H3. The number of anilines is 2. The van der Waals surface area contributed by atoms with Crippen LogP contribution in [0.25, 0.3) is 0 Å². The van der Waals surface area contributed by atoms with Gasteiger partial charge in [-0.05, 0) is 49.1 Å². The van der Waals surface area contributed by atoms with Crippen LogP contribution in [0.3, 0.4) is 0 Å². The van der Waals surface area contributed by atoms with Gasteiger partial charge in [-0.3, -0.25) is 9.03 Å². The first-order valence-electron chi connectivity index (χ1n) is 8.14. The highest BCUT2D eigenvalue weighted by molar-refractivity contribution is 7.94. The summed E-state index contributed by atoms with van der Waals surface area (Å²) in [6.45, 7) is 2.23. The fourth-order valence-electron chi connectivity index (χ4n) is 2.91. The molecule has 1 N–H and O–H groups in total. The van der Waals surface area contributed by atoms with Gasteiger partial charge in [-0.1, -0.05) is 24.6 Å². The maximum absolute atomic E-state index is 12.5. The van der Waals surface area contributed by atoms with Crippen LogP contribution in [0.4, 0.5) is 11.4 Å². The summed E-state index contributed by atoms with van der Waals surface area (Å²) >= 11 is 6.78. The molecule has 0 fully saturated rings. The SMILES string of the molecule is CCCS(=O)(=O)N1CCCc2ccc(NS(=O)(=O)c3ccc(Cl)s3)cc21. The van der Waals surface area contributed by atoms with Crippen LogP contribution in [0, 0.1) is 0 Å². The Balaban J connectivity index is 1.95. The lowest BCUT2D eigenvalue weighted by Crippen LogP contribution is -2.37. The Morgan fingerprint density at radius 1 is 1.19 bits per heavy atom. The van der Waals surface area contributed by atoms with Crippen molar-refractivity contribution in [2.75, 3.05) is 21.3 Å². The van der Waals surface area contributed by atoms with E-state index < -0.39 is 20.0 Å². The number of fused-ring (bicyclic) bond motifs is 1. The zero-order valence-corrected chi connectivity index (χ0v) is 17.3. The van der Waals surface area contributed by atoms with Crippen LogP contribution in [0.5, 0.6) is 0 Å². The van der Waals surface area contributed by atoms with E-state index in [1.165, 1.54) is 16.4 Å². The molecule has 1 aliphatic heterocycles. The summed E-state index contributed by atoms with van der Waals surface area (Å²) in [6, 6.07) is 7.98. The molecule has 26 heavy (non-hydrogen) atoms. The van der Waals surface area contributed by atoms with E-state index in [0.29, 0.717) is 28.7 Å². The summed E-state index contributed by atoms with van der Waals surface area (Å²) in [4.78, 5) is 0. The summed E-state index contributed by atoms with van der Waals surface area (Å²) < 4.78 is 54.4. The van der Waals surface area contributed by atoms with Crippen LogP contribution in [-0.4, -0.2) is 29.1 Å². The normalized spacial score (nSPS) is 14.9. The van der Waals surface area contributed by atoms with Gasteiger partial charge in [0.1, 0.15) is 4.21 Å². The quantitative estimate of drug-likeness (QED) is 0.751. The summed E-state index contributed by atoms with van der Waals surface area (Å²) in [6.07, 6.45) is 2.04. The van der Waals surface area contributed by atoms with Crippen molar-refractivity contribution in [1.29, 1.82) is 0 Å². The number of benzene rings is 1. The molecule has 6 nitrogen and oxygen atoms in total. The molecule has 0 atom stereocenters. The molecule has 142 valence electrons. The highest BCUT2D eigenvalue weighted by Crippen LogP contribution is 2.34. The van der Waals surface area contributed by atoms with Gasteiger partial charge in [-0.15, -0.1) is 11.3 Å². The summed E-state index contributed by atoms with van der Waals surface area (Å²) in [5, 5.41) is 0. The van der Waals surface area contributed by atoms with Crippen molar-refractivity contribution in [1.82, 2.24) is 0 Å². The van der Waals surface area contributed by atoms with E-state index >= 15 is 0 Å². The maximum Gasteiger partial charge on any atom is 0.271 e. The molecule has 0 aliphatic carbocycles. The van der Waals surface area contributed by atoms with E-state index in [4.69, 9.17) is 11.6 Å². The van der Waals surface area contributed by atoms with Gasteiger partial charge >= 0.3 is 0 Å². The number of hydrogen-bond donors (Lipinski definition) is 1. The van der Waals surface area contributed by atoms with Crippen molar-refractivity contribution in [3.63, 3.8) is 0 Å². The fourth-order valence-corrected chi connectivity index (χ4v) is 7.05. The monoisotopic (exact) mass is 434 g/mol. The molecule has 0 saturated heterocycles. The Kier molecular flexibility index (Phi) is 5.53. The number of aryl methyl sites for hydroxylation is 1. The molecule has 10 heteroatoms. The number of sulfonamides is 2. The predicted molar refractivity (Wildman–Crippen MR) is 106 cm³/mol. The number of thiophene rings is 1. The molecule has 0 unspecified atom stereocenters. The van der Waals surface area contributed by atoms with Gasteiger partial charge in [0.2, 0.25) is 10.0 Å². The Morgan fingerprint density at radius 3 is 2.62 bits per heavy atom. The summed E-state index contributed by atoms with van der Waals surface area (Å²) in [5.74, 6) is 0.0656. The van der Waals surface area contributed by atoms with Gasteiger partial charge in [0.25, 0.3) is 10.0 Å². The van der Waals surface area contributed by atoms with Gasteiger partial charge in [-0.25, -0.2) is 16.8 Å². The molecule has 2 heterocycles. The number of nitrogens with one attached hydrogen (secondary N) is 1. The van der Waals surface area contributed by atoms with Gasteiger partial charge in [0.05, 0.1) is 21.5 Å². The highest BCUT2D eigenvalue weighted by atomic mass is 35.5. The van der Waals surface area contributed by atoms with E-state index in [-0.39, 0.29) is 9.96 Å². The van der Waals surface area contributed by atoms with Gasteiger partial charge in [-0.2, -0.15) is 0 Å². The molecule has 2 aromatic rings. The molecular formula is C16H19ClN2O4S3. The van der Waals surface area contributed by atoms with E-state index in [9.17, 15) is 16.8 Å². The minimum Gasteiger partial charge on any atom is -0.279 e. The lowest BCUT2D eigenvalue weighted by molar-refractivity contribution is 0.585. The average molecular weight is 435 g/mol. The molecule has 0 bridgehead atoms. The third-order valence-electron chi connectivity index (χ3n) is 4.02. The summed E-state index contributed by atoms with van der Waals surface area (Å²) in [5.41, 5.74) is 1.78. The molecule has 1 aliphatic rings. The van der Waals surface area contributed by atoms with Crippen molar-refractivity contribution >= 4 is 54.4 Å². The topological polar surface area (TPSA) is 83.6 Å². The van der Waals surface area contributed by atoms with Crippen molar-refractivity contribution in [2.24, 2.45) is 0 Å². The molecule has 0 spiro atoms. The van der Waals surface area contributed by atoms with Crippen LogP contribution < -0.4 is 9.03 Å². The third-order valence-corrected chi connectivity index (χ3v) is 9.10. The predicted octanol–water partition coefficient (Wildman–Crippen LogP) is 3.69. The highest BCUT2D eigenvalue weighted by Gasteiger charge is 2.27. The second-order valence-corrected chi connectivity index (χ2v) is 11.6. The first-order chi connectivity index (χ1) is 12.2. The molecule has 3 rings (SSSR count). The number of hydrogen-bond acceptors (Lipinski definition) is 5. The van der Waals surface area contributed by atoms with Crippen LogP contribution in [0.2, 0.25) is 4.34 Å². The first kappa shape index (κ1) is 19.5. The minimum atomic E-state index is -3.77. The van der Waals surface area contributed by atoms with Crippen LogP contribution in [0.15, 0.2) is 34.5 Å². The summed E-state index contributed by atoms with van der Waals surface area (Å²) in [7, 11) is -7.18. The maximum atomic E-state index is 12.5. The second kappa shape index (κ2) is 7.38. The largest absolute Gasteiger partial charge is 0.279 e. The van der Waals surface area contributed by atoms with Crippen LogP contribution >= 0.6 is 22.9 Å².